The number of carbonyl (C=O) groups is 1. The molecule has 2 rings (SSSR count). The quantitative estimate of drug-likeness (QED) is 0.275. The lowest BCUT2D eigenvalue weighted by molar-refractivity contribution is -0.139. The Balaban J connectivity index is 2.34. The molecule has 0 saturated heterocycles. The lowest BCUT2D eigenvalue weighted by atomic mass is 9.86. The van der Waals surface area contributed by atoms with Gasteiger partial charge in [0, 0.05) is 18.4 Å². The summed E-state index contributed by atoms with van der Waals surface area (Å²) in [5.74, 6) is -0.423. The van der Waals surface area contributed by atoms with Gasteiger partial charge >= 0.3 is 5.97 Å². The van der Waals surface area contributed by atoms with E-state index in [4.69, 9.17) is 9.16 Å². The van der Waals surface area contributed by atoms with Crippen molar-refractivity contribution in [1.29, 1.82) is 0 Å². The number of rotatable bonds is 11. The largest absolute Gasteiger partial charge is 0.469 e. The molecule has 186 valence electrons. The molecule has 0 aliphatic rings. The molecule has 0 saturated carbocycles. The normalized spacial score (nSPS) is 15.5. The average molecular weight is 483 g/mol. The lowest BCUT2D eigenvalue weighted by Gasteiger charge is -2.44. The summed E-state index contributed by atoms with van der Waals surface area (Å²) in [6, 6.07) is 21.1. The number of esters is 1. The Labute approximate surface area is 207 Å². The monoisotopic (exact) mass is 482 g/mol. The van der Waals surface area contributed by atoms with Gasteiger partial charge in [-0.1, -0.05) is 114 Å². The van der Waals surface area contributed by atoms with E-state index in [0.717, 1.165) is 12.0 Å². The highest BCUT2D eigenvalue weighted by atomic mass is 28.4. The van der Waals surface area contributed by atoms with Crippen LogP contribution in [0.5, 0.6) is 0 Å². The summed E-state index contributed by atoms with van der Waals surface area (Å²) in [6.07, 6.45) is 2.32. The predicted molar refractivity (Wildman–Crippen MR) is 143 cm³/mol. The first-order valence-corrected chi connectivity index (χ1v) is 14.2. The number of hydrogen-bond donors (Lipinski definition) is 1. The molecule has 0 bridgehead atoms. The fraction of sp³-hybridized carbons (Fsp3) is 0.483. The van der Waals surface area contributed by atoms with Crippen molar-refractivity contribution in [2.75, 3.05) is 13.7 Å². The third-order valence-corrected chi connectivity index (χ3v) is 11.8. The molecule has 0 unspecified atom stereocenters. The molecule has 1 N–H and O–H groups in total. The fourth-order valence-corrected chi connectivity index (χ4v) is 9.45. The molecule has 0 aromatic heterocycles. The highest BCUT2D eigenvalue weighted by molar-refractivity contribution is 6.99. The highest BCUT2D eigenvalue weighted by Crippen LogP contribution is 2.37. The van der Waals surface area contributed by atoms with Gasteiger partial charge in [-0.2, -0.15) is 0 Å². The zero-order valence-electron chi connectivity index (χ0n) is 21.9. The summed E-state index contributed by atoms with van der Waals surface area (Å²) in [5, 5.41) is 13.6. The zero-order valence-corrected chi connectivity index (χ0v) is 22.9. The van der Waals surface area contributed by atoms with Gasteiger partial charge in [0.1, 0.15) is 0 Å². The van der Waals surface area contributed by atoms with Crippen LogP contribution in [0.15, 0.2) is 72.3 Å². The molecule has 0 fully saturated rings. The van der Waals surface area contributed by atoms with Crippen molar-refractivity contribution in [2.24, 2.45) is 11.8 Å². The third kappa shape index (κ3) is 6.47. The van der Waals surface area contributed by atoms with E-state index < -0.39 is 14.4 Å². The minimum Gasteiger partial charge on any atom is -0.469 e. The first kappa shape index (κ1) is 28.0. The topological polar surface area (TPSA) is 55.8 Å². The van der Waals surface area contributed by atoms with Crippen molar-refractivity contribution in [3.05, 3.63) is 72.3 Å². The smallest absolute Gasteiger partial charge is 0.309 e. The van der Waals surface area contributed by atoms with Crippen LogP contribution in [-0.2, 0) is 14.0 Å². The van der Waals surface area contributed by atoms with Crippen LogP contribution >= 0.6 is 0 Å². The Morgan fingerprint density at radius 2 is 1.50 bits per heavy atom. The minimum absolute atomic E-state index is 0.0765. The number of carbonyl (C=O) groups excluding carboxylic acids is 1. The van der Waals surface area contributed by atoms with E-state index in [1.165, 1.54) is 17.5 Å². The Morgan fingerprint density at radius 1 is 1.00 bits per heavy atom. The third-order valence-electron chi connectivity index (χ3n) is 6.83. The summed E-state index contributed by atoms with van der Waals surface area (Å²) in [6.45, 7) is 13.3. The maximum absolute atomic E-state index is 11.6. The molecule has 0 heterocycles. The van der Waals surface area contributed by atoms with Crippen molar-refractivity contribution in [3.63, 3.8) is 0 Å². The standard InChI is InChI=1S/C29H42O4Si/c1-8-24(19-20-27(30)32-7)23(3)28(31)22(2)21-33-34(29(4,5)6,25-15-11-9-12-16-25)26-17-13-10-14-18-26/h9-19,22-23,28,31H,8,20-21H2,1-7H3/b24-19+/t22-,23-,28+/m1/s1. The molecule has 4 nitrogen and oxygen atoms in total. The average Bonchev–Trinajstić information content (AvgIpc) is 2.84. The number of benzene rings is 2. The van der Waals surface area contributed by atoms with Crippen LogP contribution in [-0.4, -0.2) is 39.2 Å². The van der Waals surface area contributed by atoms with E-state index in [9.17, 15) is 9.90 Å². The number of aliphatic hydroxyl groups excluding tert-OH is 1. The summed E-state index contributed by atoms with van der Waals surface area (Å²) in [4.78, 5) is 11.6. The van der Waals surface area contributed by atoms with Gasteiger partial charge in [0.25, 0.3) is 8.32 Å². The molecular weight excluding hydrogens is 440 g/mol. The van der Waals surface area contributed by atoms with Gasteiger partial charge in [-0.05, 0) is 21.8 Å². The Bertz CT molecular complexity index is 879. The SMILES string of the molecule is CC/C(=C\CC(=O)OC)[C@@H](C)[C@@H](O)[C@H](C)CO[Si](c1ccccc1)(c1ccccc1)C(C)(C)C. The summed E-state index contributed by atoms with van der Waals surface area (Å²) in [7, 11) is -1.26. The van der Waals surface area contributed by atoms with Gasteiger partial charge in [0.05, 0.1) is 19.6 Å². The van der Waals surface area contributed by atoms with Crippen LogP contribution in [0, 0.1) is 11.8 Å². The molecule has 5 heteroatoms. The maximum Gasteiger partial charge on any atom is 0.309 e. The van der Waals surface area contributed by atoms with Gasteiger partial charge in [0.15, 0.2) is 0 Å². The van der Waals surface area contributed by atoms with Gasteiger partial charge in [-0.3, -0.25) is 4.79 Å². The van der Waals surface area contributed by atoms with Crippen molar-refractivity contribution in [2.45, 2.75) is 65.5 Å². The van der Waals surface area contributed by atoms with E-state index in [1.807, 2.05) is 32.1 Å². The highest BCUT2D eigenvalue weighted by Gasteiger charge is 2.50. The van der Waals surface area contributed by atoms with Crippen LogP contribution in [0.25, 0.3) is 0 Å². The van der Waals surface area contributed by atoms with Crippen LogP contribution in [0.1, 0.15) is 54.4 Å². The van der Waals surface area contributed by atoms with Crippen molar-refractivity contribution in [1.82, 2.24) is 0 Å². The van der Waals surface area contributed by atoms with Gasteiger partial charge in [0.2, 0.25) is 0 Å². The Morgan fingerprint density at radius 3 is 1.91 bits per heavy atom. The number of ether oxygens (including phenoxy) is 1. The van der Waals surface area contributed by atoms with E-state index in [0.29, 0.717) is 6.61 Å². The summed E-state index contributed by atoms with van der Waals surface area (Å²) >= 11 is 0. The second-order valence-electron chi connectivity index (χ2n) is 10.1. The van der Waals surface area contributed by atoms with Gasteiger partial charge in [-0.15, -0.1) is 0 Å². The number of hydrogen-bond acceptors (Lipinski definition) is 4. The second-order valence-corrected chi connectivity index (χ2v) is 14.4. The molecule has 0 amide bonds. The van der Waals surface area contributed by atoms with Gasteiger partial charge in [-0.25, -0.2) is 0 Å². The fourth-order valence-electron chi connectivity index (χ4n) is 4.78. The van der Waals surface area contributed by atoms with Crippen molar-refractivity contribution < 1.29 is 19.1 Å². The van der Waals surface area contributed by atoms with E-state index >= 15 is 0 Å². The van der Waals surface area contributed by atoms with Gasteiger partial charge < -0.3 is 14.3 Å². The van der Waals surface area contributed by atoms with E-state index in [2.05, 4.69) is 76.2 Å². The Hall–Kier alpha value is -2.21. The van der Waals surface area contributed by atoms with Crippen LogP contribution in [0.4, 0.5) is 0 Å². The summed E-state index contributed by atoms with van der Waals surface area (Å²) < 4.78 is 11.8. The maximum atomic E-state index is 11.6. The minimum atomic E-state index is -2.65. The number of methoxy groups -OCH3 is 1. The lowest BCUT2D eigenvalue weighted by Crippen LogP contribution is -2.67. The van der Waals surface area contributed by atoms with Crippen LogP contribution < -0.4 is 10.4 Å². The van der Waals surface area contributed by atoms with E-state index in [1.54, 1.807) is 0 Å². The number of aliphatic hydroxyl groups is 1. The predicted octanol–water partition coefficient (Wildman–Crippen LogP) is 5.10. The molecule has 34 heavy (non-hydrogen) atoms. The molecule has 0 spiro atoms. The van der Waals surface area contributed by atoms with Crippen LogP contribution in [0.3, 0.4) is 0 Å². The first-order valence-electron chi connectivity index (χ1n) is 12.3. The van der Waals surface area contributed by atoms with Crippen molar-refractivity contribution >= 4 is 24.7 Å². The molecule has 0 aliphatic carbocycles. The van der Waals surface area contributed by atoms with E-state index in [-0.39, 0.29) is 29.3 Å². The molecule has 0 radical (unpaired) electrons. The second kappa shape index (κ2) is 12.5. The van der Waals surface area contributed by atoms with Crippen molar-refractivity contribution in [3.8, 4) is 0 Å². The molecular formula is C29H42O4Si. The molecule has 2 aromatic carbocycles. The Kier molecular flexibility index (Phi) is 10.3. The molecule has 3 atom stereocenters. The van der Waals surface area contributed by atoms with Crippen LogP contribution in [0.2, 0.25) is 5.04 Å². The summed E-state index contributed by atoms with van der Waals surface area (Å²) in [5.41, 5.74) is 1.06. The zero-order chi connectivity index (χ0) is 25.4. The molecule has 2 aromatic rings. The first-order chi connectivity index (χ1) is 16.1. The molecule has 0 aliphatic heterocycles.